The molecule has 6 nitrogen and oxygen atoms in total. The average molecular weight is 405 g/mol. The smallest absolute Gasteiger partial charge is 0.340 e. The Bertz CT molecular complexity index is 757. The molecule has 2 saturated heterocycles. The number of nitrogens with zero attached hydrogens (tertiary/aromatic N) is 2. The molecule has 2 heterocycles. The lowest BCUT2D eigenvalue weighted by molar-refractivity contribution is -0.151. The summed E-state index contributed by atoms with van der Waals surface area (Å²) in [5, 5.41) is -0.674. The summed E-state index contributed by atoms with van der Waals surface area (Å²) in [6.45, 7) is -0.279. The van der Waals surface area contributed by atoms with Gasteiger partial charge >= 0.3 is 6.18 Å². The topological polar surface area (TPSA) is 69.7 Å². The van der Waals surface area contributed by atoms with Crippen LogP contribution >= 0.6 is 0 Å². The molecule has 0 aliphatic carbocycles. The van der Waals surface area contributed by atoms with Crippen LogP contribution in [0.4, 0.5) is 18.9 Å². The normalized spacial score (nSPS) is 20.3. The molecular weight excluding hydrogens is 383 g/mol. The van der Waals surface area contributed by atoms with Crippen molar-refractivity contribution in [3.05, 3.63) is 30.3 Å². The quantitative estimate of drug-likeness (QED) is 0.813. The second-order valence-electron chi connectivity index (χ2n) is 7.04. The number of rotatable bonds is 5. The van der Waals surface area contributed by atoms with Crippen molar-refractivity contribution in [3.8, 4) is 0 Å². The number of benzene rings is 1. The van der Waals surface area contributed by atoms with Crippen molar-refractivity contribution in [3.63, 3.8) is 0 Å². The van der Waals surface area contributed by atoms with E-state index in [1.807, 2.05) is 0 Å². The molecule has 0 radical (unpaired) electrons. The van der Waals surface area contributed by atoms with Gasteiger partial charge in [-0.1, -0.05) is 18.2 Å². The molecule has 0 atom stereocenters. The summed E-state index contributed by atoms with van der Waals surface area (Å²) in [7, 11) is -3.58. The van der Waals surface area contributed by atoms with E-state index >= 15 is 0 Å². The van der Waals surface area contributed by atoms with Crippen molar-refractivity contribution in [2.75, 3.05) is 37.4 Å². The van der Waals surface area contributed by atoms with Gasteiger partial charge in [0, 0.05) is 24.7 Å². The van der Waals surface area contributed by atoms with Crippen molar-refractivity contribution in [2.45, 2.75) is 24.3 Å². The number of likely N-dealkylation sites (tertiary alicyclic amines) is 2. The lowest BCUT2D eigenvalue weighted by atomic mass is 9.94. The van der Waals surface area contributed by atoms with E-state index in [0.29, 0.717) is 18.5 Å². The van der Waals surface area contributed by atoms with Gasteiger partial charge in [-0.3, -0.25) is 14.4 Å². The Morgan fingerprint density at radius 2 is 1.70 bits per heavy atom. The first-order valence-corrected chi connectivity index (χ1v) is 10.3. The summed E-state index contributed by atoms with van der Waals surface area (Å²) in [6.07, 6.45) is -3.50. The van der Waals surface area contributed by atoms with Crippen LogP contribution in [0.25, 0.3) is 0 Å². The number of halogens is 3. The molecule has 10 heteroatoms. The number of carbonyl (C=O) groups is 1. The van der Waals surface area contributed by atoms with Gasteiger partial charge in [-0.05, 0) is 38.1 Å². The van der Waals surface area contributed by atoms with Crippen molar-refractivity contribution < 1.29 is 26.4 Å². The predicted octanol–water partition coefficient (Wildman–Crippen LogP) is 1.91. The first kappa shape index (κ1) is 19.9. The SMILES string of the molecule is O=C(C1CCN(CC(F)(F)F)CC1)N1CC(S(=O)(=O)Nc2ccccc2)C1. The molecule has 1 aromatic carbocycles. The Morgan fingerprint density at radius 1 is 1.11 bits per heavy atom. The fourth-order valence-electron chi connectivity index (χ4n) is 3.42. The number of hydrogen-bond acceptors (Lipinski definition) is 4. The molecule has 150 valence electrons. The number of anilines is 1. The Hall–Kier alpha value is -1.81. The van der Waals surface area contributed by atoms with E-state index < -0.39 is 28.0 Å². The lowest BCUT2D eigenvalue weighted by Gasteiger charge is -2.42. The lowest BCUT2D eigenvalue weighted by Crippen LogP contribution is -2.60. The summed E-state index contributed by atoms with van der Waals surface area (Å²) < 4.78 is 64.4. The standard InChI is InChI=1S/C17H22F3N3O3S/c18-17(19,20)12-22-8-6-13(7-9-22)16(24)23-10-15(11-23)27(25,26)21-14-4-2-1-3-5-14/h1-5,13,15,21H,6-12H2. The average Bonchev–Trinajstić information content (AvgIpc) is 2.52. The van der Waals surface area contributed by atoms with E-state index in [1.54, 1.807) is 30.3 Å². The molecule has 1 amide bonds. The first-order chi connectivity index (χ1) is 12.6. The molecule has 2 aliphatic heterocycles. The summed E-state index contributed by atoms with van der Waals surface area (Å²) >= 11 is 0. The highest BCUT2D eigenvalue weighted by Gasteiger charge is 2.42. The highest BCUT2D eigenvalue weighted by Crippen LogP contribution is 2.27. The molecule has 0 saturated carbocycles. The molecule has 27 heavy (non-hydrogen) atoms. The molecule has 2 aliphatic rings. The van der Waals surface area contributed by atoms with E-state index in [-0.39, 0.29) is 38.0 Å². The van der Waals surface area contributed by atoms with Crippen LogP contribution < -0.4 is 4.72 Å². The third kappa shape index (κ3) is 5.13. The summed E-state index contributed by atoms with van der Waals surface area (Å²) in [6, 6.07) is 8.52. The number of alkyl halides is 3. The second kappa shape index (κ2) is 7.67. The number of nitrogens with one attached hydrogen (secondary N) is 1. The minimum absolute atomic E-state index is 0.115. The predicted molar refractivity (Wildman–Crippen MR) is 94.6 cm³/mol. The fraction of sp³-hybridized carbons (Fsp3) is 0.588. The van der Waals surface area contributed by atoms with Crippen LogP contribution in [0.1, 0.15) is 12.8 Å². The molecule has 1 N–H and O–H groups in total. The monoisotopic (exact) mass is 405 g/mol. The molecular formula is C17H22F3N3O3S. The van der Waals surface area contributed by atoms with Crippen LogP contribution in [0, 0.1) is 5.92 Å². The highest BCUT2D eigenvalue weighted by atomic mass is 32.2. The van der Waals surface area contributed by atoms with Crippen molar-refractivity contribution in [1.29, 1.82) is 0 Å². The van der Waals surface area contributed by atoms with Gasteiger partial charge < -0.3 is 4.90 Å². The Balaban J connectivity index is 1.46. The zero-order chi connectivity index (χ0) is 19.7. The third-order valence-corrected chi connectivity index (χ3v) is 6.67. The first-order valence-electron chi connectivity index (χ1n) is 8.78. The van der Waals surface area contributed by atoms with Crippen molar-refractivity contribution in [1.82, 2.24) is 9.80 Å². The largest absolute Gasteiger partial charge is 0.401 e. The van der Waals surface area contributed by atoms with Gasteiger partial charge in [-0.25, -0.2) is 8.42 Å². The van der Waals surface area contributed by atoms with Gasteiger partial charge in [-0.2, -0.15) is 13.2 Å². The molecule has 0 bridgehead atoms. The Morgan fingerprint density at radius 3 is 2.26 bits per heavy atom. The summed E-state index contributed by atoms with van der Waals surface area (Å²) in [5.41, 5.74) is 0.472. The molecule has 0 spiro atoms. The maximum Gasteiger partial charge on any atom is 0.401 e. The molecule has 3 rings (SSSR count). The van der Waals surface area contributed by atoms with Crippen molar-refractivity contribution in [2.24, 2.45) is 5.92 Å². The van der Waals surface area contributed by atoms with Gasteiger partial charge in [0.15, 0.2) is 0 Å². The zero-order valence-electron chi connectivity index (χ0n) is 14.7. The second-order valence-corrected chi connectivity index (χ2v) is 9.00. The zero-order valence-corrected chi connectivity index (χ0v) is 15.5. The molecule has 1 aromatic rings. The van der Waals surface area contributed by atoms with E-state index in [0.717, 1.165) is 0 Å². The van der Waals surface area contributed by atoms with Crippen LogP contribution in [-0.4, -0.2) is 68.3 Å². The van der Waals surface area contributed by atoms with Crippen LogP contribution in [0.5, 0.6) is 0 Å². The summed E-state index contributed by atoms with van der Waals surface area (Å²) in [5.74, 6) is -0.493. The van der Waals surface area contributed by atoms with Gasteiger partial charge in [0.2, 0.25) is 15.9 Å². The maximum atomic E-state index is 12.5. The van der Waals surface area contributed by atoms with E-state index in [9.17, 15) is 26.4 Å². The van der Waals surface area contributed by atoms with Crippen LogP contribution in [0.2, 0.25) is 0 Å². The van der Waals surface area contributed by atoms with Crippen molar-refractivity contribution >= 4 is 21.6 Å². The van der Waals surface area contributed by atoms with Crippen LogP contribution in [0.3, 0.4) is 0 Å². The van der Waals surface area contributed by atoms with Crippen LogP contribution in [0.15, 0.2) is 30.3 Å². The van der Waals surface area contributed by atoms with E-state index in [4.69, 9.17) is 0 Å². The fourth-order valence-corrected chi connectivity index (χ4v) is 4.80. The molecule has 0 unspecified atom stereocenters. The number of hydrogen-bond donors (Lipinski definition) is 1. The Kier molecular flexibility index (Phi) is 5.66. The number of amides is 1. The van der Waals surface area contributed by atoms with Gasteiger partial charge in [0.1, 0.15) is 5.25 Å². The molecule has 0 aromatic heterocycles. The van der Waals surface area contributed by atoms with E-state index in [1.165, 1.54) is 9.80 Å². The minimum atomic E-state index is -4.23. The molecule has 2 fully saturated rings. The van der Waals surface area contributed by atoms with E-state index in [2.05, 4.69) is 4.72 Å². The van der Waals surface area contributed by atoms with Crippen LogP contribution in [-0.2, 0) is 14.8 Å². The number of para-hydroxylation sites is 1. The Labute approximate surface area is 156 Å². The maximum absolute atomic E-state index is 12.5. The highest BCUT2D eigenvalue weighted by molar-refractivity contribution is 7.93. The summed E-state index contributed by atoms with van der Waals surface area (Å²) in [4.78, 5) is 15.3. The van der Waals surface area contributed by atoms with Gasteiger partial charge in [0.25, 0.3) is 0 Å². The number of carbonyl (C=O) groups excluding carboxylic acids is 1. The third-order valence-electron chi connectivity index (χ3n) is 4.97. The minimum Gasteiger partial charge on any atom is -0.340 e. The van der Waals surface area contributed by atoms with Gasteiger partial charge in [0.05, 0.1) is 6.54 Å². The number of sulfonamides is 1. The van der Waals surface area contributed by atoms with Gasteiger partial charge in [-0.15, -0.1) is 0 Å². The number of piperidine rings is 1.